The predicted octanol–water partition coefficient (Wildman–Crippen LogP) is 2.00. The third-order valence-electron chi connectivity index (χ3n) is 2.94. The highest BCUT2D eigenvalue weighted by molar-refractivity contribution is 5.96. The summed E-state index contributed by atoms with van der Waals surface area (Å²) in [7, 11) is 1.59. The van der Waals surface area contributed by atoms with Gasteiger partial charge in [-0.25, -0.2) is 0 Å². The molecule has 0 heterocycles. The SMILES string of the molecule is CNC(=O)c1ccc(N(CCC#N)CC(C)C)c(N)c1. The summed E-state index contributed by atoms with van der Waals surface area (Å²) in [5.41, 5.74) is 8.03. The third kappa shape index (κ3) is 4.16. The van der Waals surface area contributed by atoms with Gasteiger partial charge in [-0.15, -0.1) is 0 Å². The summed E-state index contributed by atoms with van der Waals surface area (Å²) in [6, 6.07) is 7.43. The maximum absolute atomic E-state index is 11.6. The Morgan fingerprint density at radius 3 is 2.70 bits per heavy atom. The zero-order valence-electron chi connectivity index (χ0n) is 12.3. The average Bonchev–Trinajstić information content (AvgIpc) is 2.42. The highest BCUT2D eigenvalue weighted by Gasteiger charge is 2.13. The number of amides is 1. The van der Waals surface area contributed by atoms with Crippen LogP contribution in [0.15, 0.2) is 18.2 Å². The molecule has 0 bridgehead atoms. The number of nitrogens with two attached hydrogens (primary N) is 1. The normalized spacial score (nSPS) is 10.2. The molecule has 20 heavy (non-hydrogen) atoms. The molecular formula is C15H22N4O. The summed E-state index contributed by atoms with van der Waals surface area (Å²) in [6.07, 6.45) is 0.448. The van der Waals surface area contributed by atoms with E-state index in [2.05, 4.69) is 30.1 Å². The van der Waals surface area contributed by atoms with Gasteiger partial charge < -0.3 is 16.0 Å². The summed E-state index contributed by atoms with van der Waals surface area (Å²) in [6.45, 7) is 5.70. The first-order valence-corrected chi connectivity index (χ1v) is 6.73. The molecule has 3 N–H and O–H groups in total. The average molecular weight is 274 g/mol. The topological polar surface area (TPSA) is 82.2 Å². The number of rotatable bonds is 6. The summed E-state index contributed by atoms with van der Waals surface area (Å²) >= 11 is 0. The number of benzene rings is 1. The van der Waals surface area contributed by atoms with Gasteiger partial charge in [0, 0.05) is 25.7 Å². The molecule has 108 valence electrons. The lowest BCUT2D eigenvalue weighted by molar-refractivity contribution is 0.0963. The zero-order chi connectivity index (χ0) is 15.1. The standard InChI is InChI=1S/C15H22N4O/c1-11(2)10-19(8-4-7-16)14-6-5-12(9-13(14)17)15(20)18-3/h5-6,9,11H,4,8,10,17H2,1-3H3,(H,18,20). The van der Waals surface area contributed by atoms with Crippen LogP contribution in [0, 0.1) is 17.2 Å². The summed E-state index contributed by atoms with van der Waals surface area (Å²) in [5, 5.41) is 11.3. The van der Waals surface area contributed by atoms with Crippen molar-refractivity contribution < 1.29 is 4.79 Å². The third-order valence-corrected chi connectivity index (χ3v) is 2.94. The fourth-order valence-electron chi connectivity index (χ4n) is 2.06. The second-order valence-electron chi connectivity index (χ2n) is 5.10. The predicted molar refractivity (Wildman–Crippen MR) is 81.5 cm³/mol. The summed E-state index contributed by atoms with van der Waals surface area (Å²) in [4.78, 5) is 13.7. The molecule has 1 amide bonds. The minimum absolute atomic E-state index is 0.157. The molecular weight excluding hydrogens is 252 g/mol. The number of carbonyl (C=O) groups excluding carboxylic acids is 1. The lowest BCUT2D eigenvalue weighted by atomic mass is 10.1. The van der Waals surface area contributed by atoms with E-state index in [1.54, 1.807) is 19.2 Å². The van der Waals surface area contributed by atoms with Crippen LogP contribution in [-0.4, -0.2) is 26.0 Å². The zero-order valence-corrected chi connectivity index (χ0v) is 12.3. The number of carbonyl (C=O) groups is 1. The molecule has 0 unspecified atom stereocenters. The Morgan fingerprint density at radius 1 is 1.50 bits per heavy atom. The molecule has 0 aliphatic rings. The lowest BCUT2D eigenvalue weighted by Crippen LogP contribution is -2.29. The van der Waals surface area contributed by atoms with E-state index in [4.69, 9.17) is 11.0 Å². The number of nitrogens with one attached hydrogen (secondary N) is 1. The second kappa shape index (κ2) is 7.39. The maximum Gasteiger partial charge on any atom is 0.251 e. The Balaban J connectivity index is 3.01. The van der Waals surface area contributed by atoms with Crippen molar-refractivity contribution in [2.75, 3.05) is 30.8 Å². The highest BCUT2D eigenvalue weighted by atomic mass is 16.1. The van der Waals surface area contributed by atoms with Crippen LogP contribution in [-0.2, 0) is 0 Å². The van der Waals surface area contributed by atoms with Gasteiger partial charge in [-0.2, -0.15) is 5.26 Å². The highest BCUT2D eigenvalue weighted by Crippen LogP contribution is 2.25. The van der Waals surface area contributed by atoms with Gasteiger partial charge in [0.2, 0.25) is 0 Å². The van der Waals surface area contributed by atoms with Crippen LogP contribution in [0.4, 0.5) is 11.4 Å². The van der Waals surface area contributed by atoms with Crippen molar-refractivity contribution in [2.24, 2.45) is 5.92 Å². The Hall–Kier alpha value is -2.22. The number of nitrogen functional groups attached to an aromatic ring is 1. The molecule has 0 aliphatic heterocycles. The smallest absolute Gasteiger partial charge is 0.251 e. The number of anilines is 2. The van der Waals surface area contributed by atoms with E-state index in [1.165, 1.54) is 0 Å². The van der Waals surface area contributed by atoms with Crippen molar-refractivity contribution in [1.29, 1.82) is 5.26 Å². The van der Waals surface area contributed by atoms with E-state index in [0.717, 1.165) is 12.2 Å². The molecule has 0 radical (unpaired) electrons. The van der Waals surface area contributed by atoms with Gasteiger partial charge >= 0.3 is 0 Å². The van der Waals surface area contributed by atoms with Crippen molar-refractivity contribution in [2.45, 2.75) is 20.3 Å². The van der Waals surface area contributed by atoms with Crippen LogP contribution in [0.1, 0.15) is 30.6 Å². The van der Waals surface area contributed by atoms with E-state index < -0.39 is 0 Å². The van der Waals surface area contributed by atoms with Gasteiger partial charge in [-0.1, -0.05) is 13.8 Å². The van der Waals surface area contributed by atoms with Gasteiger partial charge in [-0.3, -0.25) is 4.79 Å². The van der Waals surface area contributed by atoms with Crippen molar-refractivity contribution in [3.63, 3.8) is 0 Å². The monoisotopic (exact) mass is 274 g/mol. The fraction of sp³-hybridized carbons (Fsp3) is 0.467. The first kappa shape index (κ1) is 15.8. The Labute approximate surface area is 120 Å². The van der Waals surface area contributed by atoms with Gasteiger partial charge in [0.1, 0.15) is 0 Å². The quantitative estimate of drug-likeness (QED) is 0.777. The van der Waals surface area contributed by atoms with Gasteiger partial charge in [0.15, 0.2) is 0 Å². The van der Waals surface area contributed by atoms with Crippen molar-refractivity contribution in [3.8, 4) is 6.07 Å². The Kier molecular flexibility index (Phi) is 5.85. The molecule has 5 heteroatoms. The lowest BCUT2D eigenvalue weighted by Gasteiger charge is -2.27. The molecule has 0 aliphatic carbocycles. The molecule has 0 aromatic heterocycles. The van der Waals surface area contributed by atoms with Gasteiger partial charge in [-0.05, 0) is 24.1 Å². The fourth-order valence-corrected chi connectivity index (χ4v) is 2.06. The molecule has 0 saturated heterocycles. The molecule has 0 spiro atoms. The van der Waals surface area contributed by atoms with Crippen LogP contribution in [0.3, 0.4) is 0 Å². The largest absolute Gasteiger partial charge is 0.397 e. The van der Waals surface area contributed by atoms with E-state index in [9.17, 15) is 4.79 Å². The molecule has 0 saturated carbocycles. The number of nitriles is 1. The van der Waals surface area contributed by atoms with E-state index >= 15 is 0 Å². The molecule has 0 fully saturated rings. The second-order valence-corrected chi connectivity index (χ2v) is 5.10. The molecule has 1 aromatic rings. The first-order chi connectivity index (χ1) is 9.49. The van der Waals surface area contributed by atoms with Crippen molar-refractivity contribution >= 4 is 17.3 Å². The maximum atomic E-state index is 11.6. The van der Waals surface area contributed by atoms with E-state index in [1.807, 2.05) is 6.07 Å². The van der Waals surface area contributed by atoms with Crippen LogP contribution in [0.2, 0.25) is 0 Å². The number of hydrogen-bond acceptors (Lipinski definition) is 4. The van der Waals surface area contributed by atoms with Crippen molar-refractivity contribution in [3.05, 3.63) is 23.8 Å². The Morgan fingerprint density at radius 2 is 2.20 bits per heavy atom. The Bertz CT molecular complexity index is 505. The van der Waals surface area contributed by atoms with Gasteiger partial charge in [0.25, 0.3) is 5.91 Å². The van der Waals surface area contributed by atoms with Crippen LogP contribution < -0.4 is 16.0 Å². The van der Waals surface area contributed by atoms with Crippen molar-refractivity contribution in [1.82, 2.24) is 5.32 Å². The first-order valence-electron chi connectivity index (χ1n) is 6.73. The molecule has 1 aromatic carbocycles. The number of hydrogen-bond donors (Lipinski definition) is 2. The molecule has 0 atom stereocenters. The summed E-state index contributed by atoms with van der Waals surface area (Å²) in [5.74, 6) is 0.308. The van der Waals surface area contributed by atoms with Crippen LogP contribution in [0.5, 0.6) is 0 Å². The molecule has 5 nitrogen and oxygen atoms in total. The minimum atomic E-state index is -0.157. The van der Waals surface area contributed by atoms with E-state index in [0.29, 0.717) is 30.1 Å². The van der Waals surface area contributed by atoms with Crippen LogP contribution >= 0.6 is 0 Å². The molecule has 1 rings (SSSR count). The van der Waals surface area contributed by atoms with Gasteiger partial charge in [0.05, 0.1) is 23.9 Å². The number of nitrogens with zero attached hydrogens (tertiary/aromatic N) is 2. The van der Waals surface area contributed by atoms with E-state index in [-0.39, 0.29) is 5.91 Å². The minimum Gasteiger partial charge on any atom is -0.397 e. The summed E-state index contributed by atoms with van der Waals surface area (Å²) < 4.78 is 0. The van der Waals surface area contributed by atoms with Crippen LogP contribution in [0.25, 0.3) is 0 Å².